The second-order valence-electron chi connectivity index (χ2n) is 2.73. The summed E-state index contributed by atoms with van der Waals surface area (Å²) in [6, 6.07) is 7.58. The summed E-state index contributed by atoms with van der Waals surface area (Å²) in [5.74, 6) is -0.193. The van der Waals surface area contributed by atoms with Crippen LogP contribution in [0.5, 0.6) is 0 Å². The van der Waals surface area contributed by atoms with Crippen LogP contribution < -0.4 is 5.76 Å². The zero-order valence-electron chi connectivity index (χ0n) is 7.07. The number of aromatic amines is 1. The van der Waals surface area contributed by atoms with E-state index < -0.39 is 5.76 Å². The standard InChI is InChI=1S/C9H8N2O2/c1-6-4-2-3-5-7(6)8-10-11-9(12)13-8/h2-5H,1H3,(H,11,12). The maximum Gasteiger partial charge on any atom is 0.434 e. The van der Waals surface area contributed by atoms with E-state index in [1.165, 1.54) is 0 Å². The minimum atomic E-state index is -0.529. The van der Waals surface area contributed by atoms with Crippen molar-refractivity contribution in [3.05, 3.63) is 40.4 Å². The third-order valence-corrected chi connectivity index (χ3v) is 1.81. The summed E-state index contributed by atoms with van der Waals surface area (Å²) in [5.41, 5.74) is 1.86. The van der Waals surface area contributed by atoms with Crippen molar-refractivity contribution in [2.45, 2.75) is 6.92 Å². The zero-order chi connectivity index (χ0) is 9.26. The molecule has 0 saturated carbocycles. The first-order valence-electron chi connectivity index (χ1n) is 3.89. The third-order valence-electron chi connectivity index (χ3n) is 1.81. The number of nitrogens with zero attached hydrogens (tertiary/aromatic N) is 1. The van der Waals surface area contributed by atoms with Gasteiger partial charge in [0.1, 0.15) is 0 Å². The van der Waals surface area contributed by atoms with Gasteiger partial charge in [-0.1, -0.05) is 18.2 Å². The van der Waals surface area contributed by atoms with Crippen molar-refractivity contribution in [1.29, 1.82) is 0 Å². The van der Waals surface area contributed by atoms with Crippen molar-refractivity contribution in [1.82, 2.24) is 10.2 Å². The van der Waals surface area contributed by atoms with Crippen molar-refractivity contribution in [3.8, 4) is 11.5 Å². The number of hydrogen-bond donors (Lipinski definition) is 1. The van der Waals surface area contributed by atoms with Gasteiger partial charge in [0, 0.05) is 5.56 Å². The van der Waals surface area contributed by atoms with E-state index in [2.05, 4.69) is 10.2 Å². The molecule has 0 amide bonds. The molecule has 1 aromatic carbocycles. The van der Waals surface area contributed by atoms with E-state index in [4.69, 9.17) is 4.42 Å². The predicted molar refractivity (Wildman–Crippen MR) is 47.3 cm³/mol. The van der Waals surface area contributed by atoms with Crippen LogP contribution >= 0.6 is 0 Å². The summed E-state index contributed by atoms with van der Waals surface area (Å²) in [4.78, 5) is 10.7. The van der Waals surface area contributed by atoms with Crippen molar-refractivity contribution < 1.29 is 4.42 Å². The van der Waals surface area contributed by atoms with Crippen LogP contribution in [-0.4, -0.2) is 10.2 Å². The molecule has 4 nitrogen and oxygen atoms in total. The number of H-pyrrole nitrogens is 1. The summed E-state index contributed by atoms with van der Waals surface area (Å²) < 4.78 is 4.83. The van der Waals surface area contributed by atoms with Gasteiger partial charge in [0.25, 0.3) is 0 Å². The molecule has 0 fully saturated rings. The molecule has 0 atom stereocenters. The number of hydrogen-bond acceptors (Lipinski definition) is 3. The second kappa shape index (κ2) is 2.90. The lowest BCUT2D eigenvalue weighted by Crippen LogP contribution is -1.93. The third kappa shape index (κ3) is 1.38. The van der Waals surface area contributed by atoms with Gasteiger partial charge in [-0.15, -0.1) is 5.10 Å². The first-order valence-corrected chi connectivity index (χ1v) is 3.89. The van der Waals surface area contributed by atoms with E-state index in [0.29, 0.717) is 5.89 Å². The second-order valence-corrected chi connectivity index (χ2v) is 2.73. The number of aromatic nitrogens is 2. The van der Waals surface area contributed by atoms with Gasteiger partial charge in [-0.25, -0.2) is 9.89 Å². The van der Waals surface area contributed by atoms with Gasteiger partial charge in [-0.3, -0.25) is 0 Å². The Bertz CT molecular complexity index is 470. The highest BCUT2D eigenvalue weighted by atomic mass is 16.4. The molecule has 1 aromatic heterocycles. The van der Waals surface area contributed by atoms with Crippen LogP contribution in [0, 0.1) is 6.92 Å². The Kier molecular flexibility index (Phi) is 1.73. The van der Waals surface area contributed by atoms with Crippen LogP contribution in [0.1, 0.15) is 5.56 Å². The van der Waals surface area contributed by atoms with E-state index in [9.17, 15) is 4.79 Å². The summed E-state index contributed by atoms with van der Waals surface area (Å²) >= 11 is 0. The van der Waals surface area contributed by atoms with E-state index >= 15 is 0 Å². The van der Waals surface area contributed by atoms with E-state index in [-0.39, 0.29) is 0 Å². The van der Waals surface area contributed by atoms with E-state index in [0.717, 1.165) is 11.1 Å². The van der Waals surface area contributed by atoms with Crippen LogP contribution in [0.3, 0.4) is 0 Å². The Labute approximate surface area is 74.2 Å². The largest absolute Gasteiger partial charge is 0.434 e. The fourth-order valence-corrected chi connectivity index (χ4v) is 1.16. The average molecular weight is 176 g/mol. The molecule has 0 saturated heterocycles. The molecule has 0 spiro atoms. The normalized spacial score (nSPS) is 10.2. The maximum absolute atomic E-state index is 10.7. The van der Waals surface area contributed by atoms with Crippen LogP contribution in [0.2, 0.25) is 0 Å². The zero-order valence-corrected chi connectivity index (χ0v) is 7.07. The number of benzene rings is 1. The van der Waals surface area contributed by atoms with Gasteiger partial charge in [-0.2, -0.15) is 0 Å². The number of nitrogens with one attached hydrogen (secondary N) is 1. The Morgan fingerprint density at radius 2 is 2.15 bits per heavy atom. The molecule has 66 valence electrons. The van der Waals surface area contributed by atoms with Crippen LogP contribution in [0.15, 0.2) is 33.5 Å². The Morgan fingerprint density at radius 1 is 1.38 bits per heavy atom. The fraction of sp³-hybridized carbons (Fsp3) is 0.111. The number of rotatable bonds is 1. The molecule has 0 bridgehead atoms. The van der Waals surface area contributed by atoms with Gasteiger partial charge >= 0.3 is 5.76 Å². The Hall–Kier alpha value is -1.84. The fourth-order valence-electron chi connectivity index (χ4n) is 1.16. The predicted octanol–water partition coefficient (Wildman–Crippen LogP) is 1.34. The minimum Gasteiger partial charge on any atom is -0.388 e. The molecular formula is C9H8N2O2. The average Bonchev–Trinajstić information content (AvgIpc) is 2.53. The summed E-state index contributed by atoms with van der Waals surface area (Å²) in [6.07, 6.45) is 0. The molecule has 0 unspecified atom stereocenters. The minimum absolute atomic E-state index is 0.336. The molecule has 13 heavy (non-hydrogen) atoms. The monoisotopic (exact) mass is 176 g/mol. The highest BCUT2D eigenvalue weighted by Crippen LogP contribution is 2.18. The molecule has 2 aromatic rings. The molecule has 4 heteroatoms. The number of aryl methyl sites for hydroxylation is 1. The summed E-state index contributed by atoms with van der Waals surface area (Å²) in [5, 5.41) is 5.96. The highest BCUT2D eigenvalue weighted by Gasteiger charge is 2.06. The topological polar surface area (TPSA) is 58.9 Å². The lowest BCUT2D eigenvalue weighted by molar-refractivity contribution is 0.526. The molecule has 0 aliphatic rings. The first-order chi connectivity index (χ1) is 6.27. The van der Waals surface area contributed by atoms with Gasteiger partial charge in [-0.05, 0) is 18.6 Å². The molecule has 1 N–H and O–H groups in total. The summed E-state index contributed by atoms with van der Waals surface area (Å²) in [7, 11) is 0. The lowest BCUT2D eigenvalue weighted by atomic mass is 10.1. The van der Waals surface area contributed by atoms with Crippen molar-refractivity contribution in [2.75, 3.05) is 0 Å². The SMILES string of the molecule is Cc1ccccc1-c1n[nH]c(=O)o1. The molecule has 0 aliphatic carbocycles. The van der Waals surface area contributed by atoms with Crippen molar-refractivity contribution in [3.63, 3.8) is 0 Å². The lowest BCUT2D eigenvalue weighted by Gasteiger charge is -1.97. The quantitative estimate of drug-likeness (QED) is 0.713. The van der Waals surface area contributed by atoms with Gasteiger partial charge in [0.05, 0.1) is 0 Å². The van der Waals surface area contributed by atoms with Crippen molar-refractivity contribution >= 4 is 0 Å². The van der Waals surface area contributed by atoms with Crippen molar-refractivity contribution in [2.24, 2.45) is 0 Å². The van der Waals surface area contributed by atoms with E-state index in [1.54, 1.807) is 0 Å². The molecule has 1 heterocycles. The smallest absolute Gasteiger partial charge is 0.388 e. The molecule has 0 aliphatic heterocycles. The molecule has 0 radical (unpaired) electrons. The highest BCUT2D eigenvalue weighted by molar-refractivity contribution is 5.57. The maximum atomic E-state index is 10.7. The first kappa shape index (κ1) is 7.79. The molecule has 2 rings (SSSR count). The Balaban J connectivity index is 2.58. The van der Waals surface area contributed by atoms with Gasteiger partial charge < -0.3 is 4.42 Å². The van der Waals surface area contributed by atoms with Crippen LogP contribution in [0.4, 0.5) is 0 Å². The van der Waals surface area contributed by atoms with Gasteiger partial charge in [0.2, 0.25) is 5.89 Å². The van der Waals surface area contributed by atoms with Gasteiger partial charge in [0.15, 0.2) is 0 Å². The Morgan fingerprint density at radius 3 is 2.77 bits per heavy atom. The molecular weight excluding hydrogens is 168 g/mol. The van der Waals surface area contributed by atoms with Crippen LogP contribution in [0.25, 0.3) is 11.5 Å². The summed E-state index contributed by atoms with van der Waals surface area (Å²) in [6.45, 7) is 1.93. The van der Waals surface area contributed by atoms with Crippen LogP contribution in [-0.2, 0) is 0 Å². The van der Waals surface area contributed by atoms with E-state index in [1.807, 2.05) is 31.2 Å².